The van der Waals surface area contributed by atoms with Crippen molar-refractivity contribution < 1.29 is 12.6 Å². The van der Waals surface area contributed by atoms with Gasteiger partial charge < -0.3 is 0 Å². The third kappa shape index (κ3) is 4.32. The summed E-state index contributed by atoms with van der Waals surface area (Å²) in [5, 5.41) is 2.82. The summed E-state index contributed by atoms with van der Waals surface area (Å²) in [6.45, 7) is 8.56. The highest BCUT2D eigenvalue weighted by Crippen LogP contribution is 2.49. The van der Waals surface area contributed by atoms with Crippen LogP contribution in [-0.4, -0.2) is 20.3 Å². The third-order valence-electron chi connectivity index (χ3n) is 6.14. The Labute approximate surface area is 189 Å². The molecule has 0 radical (unpaired) electrons. The van der Waals surface area contributed by atoms with Crippen molar-refractivity contribution in [3.05, 3.63) is 77.4 Å². The van der Waals surface area contributed by atoms with E-state index in [1.165, 1.54) is 26.8 Å². The van der Waals surface area contributed by atoms with Gasteiger partial charge in [-0.05, 0) is 64.9 Å². The van der Waals surface area contributed by atoms with Crippen molar-refractivity contribution >= 4 is 38.2 Å². The second-order valence-electron chi connectivity index (χ2n) is 8.17. The zero-order valence-corrected chi connectivity index (χ0v) is 20.0. The first-order chi connectivity index (χ1) is 14.8. The highest BCUT2D eigenvalue weighted by molar-refractivity contribution is 8.00. The molecule has 0 aliphatic carbocycles. The van der Waals surface area contributed by atoms with Crippen molar-refractivity contribution in [2.45, 2.75) is 49.2 Å². The molecule has 3 nitrogen and oxygen atoms in total. The molecule has 0 N–H and O–H groups in total. The van der Waals surface area contributed by atoms with Crippen LogP contribution in [0.4, 0.5) is 0 Å². The summed E-state index contributed by atoms with van der Waals surface area (Å²) in [6.07, 6.45) is 0.739. The van der Waals surface area contributed by atoms with Crippen molar-refractivity contribution in [1.29, 1.82) is 0 Å². The number of aryl methyl sites for hydroxylation is 1. The molecule has 0 fully saturated rings. The Morgan fingerprint density at radius 2 is 1.71 bits per heavy atom. The topological polar surface area (TPSA) is 43.4 Å². The van der Waals surface area contributed by atoms with Crippen molar-refractivity contribution in [2.24, 2.45) is 5.92 Å². The molecule has 162 valence electrons. The number of allylic oxidation sites excluding steroid dienone is 1. The third-order valence-corrected chi connectivity index (χ3v) is 8.79. The lowest BCUT2D eigenvalue weighted by Gasteiger charge is -2.33. The molecule has 0 saturated heterocycles. The number of hydrogen-bond donors (Lipinski definition) is 0. The molecule has 0 saturated carbocycles. The van der Waals surface area contributed by atoms with E-state index in [0.29, 0.717) is 11.2 Å². The molecular formula is C26H28O3S2. The lowest BCUT2D eigenvalue weighted by Crippen LogP contribution is -2.21. The van der Waals surface area contributed by atoms with E-state index in [9.17, 15) is 8.42 Å². The molecule has 0 amide bonds. The minimum absolute atomic E-state index is 0.0758. The molecule has 1 heterocycles. The smallest absolute Gasteiger partial charge is 0.262 e. The van der Waals surface area contributed by atoms with Crippen LogP contribution in [0.3, 0.4) is 0 Å². The van der Waals surface area contributed by atoms with Gasteiger partial charge in [0.05, 0.1) is 11.5 Å². The van der Waals surface area contributed by atoms with Crippen LogP contribution < -0.4 is 0 Å². The Balaban J connectivity index is 1.78. The van der Waals surface area contributed by atoms with Gasteiger partial charge >= 0.3 is 0 Å². The fraction of sp³-hybridized carbons (Fsp3) is 0.308. The SMILES string of the molecule is CC/C(COS(=O)(=O)c1ccc(C)cc1)=C1/c2c(ccc3ccccc23)SC(C)C1C. The highest BCUT2D eigenvalue weighted by Gasteiger charge is 2.31. The number of thioether (sulfide) groups is 1. The fourth-order valence-electron chi connectivity index (χ4n) is 4.18. The summed E-state index contributed by atoms with van der Waals surface area (Å²) >= 11 is 1.90. The van der Waals surface area contributed by atoms with Crippen molar-refractivity contribution in [3.8, 4) is 0 Å². The lowest BCUT2D eigenvalue weighted by molar-refractivity contribution is 0.344. The second kappa shape index (κ2) is 8.81. The first-order valence-electron chi connectivity index (χ1n) is 10.7. The van der Waals surface area contributed by atoms with E-state index in [4.69, 9.17) is 4.18 Å². The predicted molar refractivity (Wildman–Crippen MR) is 130 cm³/mol. The van der Waals surface area contributed by atoms with Gasteiger partial charge in [0.15, 0.2) is 0 Å². The largest absolute Gasteiger partial charge is 0.297 e. The minimum atomic E-state index is -3.81. The average Bonchev–Trinajstić information content (AvgIpc) is 2.76. The summed E-state index contributed by atoms with van der Waals surface area (Å²) < 4.78 is 31.2. The van der Waals surface area contributed by atoms with Crippen molar-refractivity contribution in [2.75, 3.05) is 6.61 Å². The summed E-state index contributed by atoms with van der Waals surface area (Å²) in [5.74, 6) is 0.295. The molecule has 0 aromatic heterocycles. The van der Waals surface area contributed by atoms with Crippen molar-refractivity contribution in [1.82, 2.24) is 0 Å². The maximum absolute atomic E-state index is 12.8. The highest BCUT2D eigenvalue weighted by atomic mass is 32.2. The van der Waals surface area contributed by atoms with Crippen LogP contribution in [0.15, 0.2) is 76.0 Å². The van der Waals surface area contributed by atoms with E-state index in [1.807, 2.05) is 18.7 Å². The summed E-state index contributed by atoms with van der Waals surface area (Å²) in [6, 6.07) is 19.6. The Hall–Kier alpha value is -2.08. The van der Waals surface area contributed by atoms with Gasteiger partial charge in [0.25, 0.3) is 10.1 Å². The van der Waals surface area contributed by atoms with E-state index in [0.717, 1.165) is 17.6 Å². The van der Waals surface area contributed by atoms with Gasteiger partial charge in [0.2, 0.25) is 0 Å². The molecule has 5 heteroatoms. The predicted octanol–water partition coefficient (Wildman–Crippen LogP) is 6.85. The molecule has 2 atom stereocenters. The first kappa shape index (κ1) is 22.1. The van der Waals surface area contributed by atoms with Crippen LogP contribution in [0.2, 0.25) is 0 Å². The minimum Gasteiger partial charge on any atom is -0.262 e. The fourth-order valence-corrected chi connectivity index (χ4v) is 6.31. The van der Waals surface area contributed by atoms with Crippen LogP contribution in [0.25, 0.3) is 16.3 Å². The molecule has 2 unspecified atom stereocenters. The first-order valence-corrected chi connectivity index (χ1v) is 13.0. The standard InChI is InChI=1S/C26H28O3S2/c1-5-20(16-29-31(27,28)22-13-10-17(2)11-14-22)25-18(3)19(4)30-24-15-12-21-8-6-7-9-23(21)26(24)25/h6-15,18-19H,5,16H2,1-4H3/b25-20-. The molecule has 0 bridgehead atoms. The molecule has 0 spiro atoms. The summed E-state index contributed by atoms with van der Waals surface area (Å²) in [5.41, 5.74) is 4.54. The van der Waals surface area contributed by atoms with E-state index in [-0.39, 0.29) is 11.5 Å². The van der Waals surface area contributed by atoms with E-state index in [2.05, 4.69) is 57.2 Å². The van der Waals surface area contributed by atoms with Crippen LogP contribution >= 0.6 is 11.8 Å². The Morgan fingerprint density at radius 3 is 2.42 bits per heavy atom. The summed E-state index contributed by atoms with van der Waals surface area (Å²) in [7, 11) is -3.81. The zero-order chi connectivity index (χ0) is 22.2. The molecule has 4 rings (SSSR count). The second-order valence-corrected chi connectivity index (χ2v) is 11.2. The molecule has 3 aromatic carbocycles. The maximum Gasteiger partial charge on any atom is 0.297 e. The lowest BCUT2D eigenvalue weighted by atomic mass is 9.84. The quantitative estimate of drug-likeness (QED) is 0.397. The van der Waals surface area contributed by atoms with E-state index >= 15 is 0 Å². The van der Waals surface area contributed by atoms with Gasteiger partial charge in [0.1, 0.15) is 0 Å². The average molecular weight is 453 g/mol. The van der Waals surface area contributed by atoms with E-state index in [1.54, 1.807) is 24.3 Å². The number of rotatable bonds is 5. The van der Waals surface area contributed by atoms with Gasteiger partial charge in [-0.15, -0.1) is 11.8 Å². The monoisotopic (exact) mass is 452 g/mol. The zero-order valence-electron chi connectivity index (χ0n) is 18.4. The van der Waals surface area contributed by atoms with E-state index < -0.39 is 10.1 Å². The molecule has 3 aromatic rings. The number of hydrogen-bond acceptors (Lipinski definition) is 4. The Kier molecular flexibility index (Phi) is 6.29. The number of fused-ring (bicyclic) bond motifs is 3. The maximum atomic E-state index is 12.8. The van der Waals surface area contributed by atoms with Crippen LogP contribution in [0, 0.1) is 12.8 Å². The van der Waals surface area contributed by atoms with Gasteiger partial charge in [-0.1, -0.05) is 68.8 Å². The van der Waals surface area contributed by atoms with Crippen LogP contribution in [0.5, 0.6) is 0 Å². The van der Waals surface area contributed by atoms with Crippen LogP contribution in [-0.2, 0) is 14.3 Å². The normalized spacial score (nSPS) is 20.5. The van der Waals surface area contributed by atoms with Gasteiger partial charge in [-0.2, -0.15) is 8.42 Å². The van der Waals surface area contributed by atoms with Crippen LogP contribution in [0.1, 0.15) is 38.3 Å². The molecular weight excluding hydrogens is 424 g/mol. The van der Waals surface area contributed by atoms with Gasteiger partial charge in [-0.25, -0.2) is 0 Å². The van der Waals surface area contributed by atoms with Gasteiger partial charge in [0, 0.05) is 10.1 Å². The van der Waals surface area contributed by atoms with Crippen molar-refractivity contribution in [3.63, 3.8) is 0 Å². The number of benzene rings is 3. The molecule has 1 aliphatic heterocycles. The summed E-state index contributed by atoms with van der Waals surface area (Å²) in [4.78, 5) is 1.46. The van der Waals surface area contributed by atoms with Gasteiger partial charge in [-0.3, -0.25) is 4.18 Å². The Morgan fingerprint density at radius 1 is 1.00 bits per heavy atom. The Bertz CT molecular complexity index is 1240. The molecule has 31 heavy (non-hydrogen) atoms. The molecule has 1 aliphatic rings.